The number of fused-ring (bicyclic) bond motifs is 1. The van der Waals surface area contributed by atoms with E-state index in [-0.39, 0.29) is 0 Å². The predicted molar refractivity (Wildman–Crippen MR) is 111 cm³/mol. The molecule has 3 atom stereocenters. The zero-order chi connectivity index (χ0) is 19.9. The lowest BCUT2D eigenvalue weighted by Gasteiger charge is -2.34. The van der Waals surface area contributed by atoms with E-state index in [0.717, 1.165) is 68.5 Å². The molecule has 1 saturated heterocycles. The van der Waals surface area contributed by atoms with Gasteiger partial charge in [0.15, 0.2) is 11.8 Å². The number of guanidine groups is 1. The first-order valence-corrected chi connectivity index (χ1v) is 10.8. The highest BCUT2D eigenvalue weighted by Gasteiger charge is 2.23. The third-order valence-electron chi connectivity index (χ3n) is 5.49. The molecule has 3 rings (SSSR count). The normalized spacial score (nSPS) is 26.1. The Hall–Kier alpha value is -1.67. The van der Waals surface area contributed by atoms with Crippen LogP contribution in [0, 0.1) is 11.8 Å². The van der Waals surface area contributed by atoms with Crippen LogP contribution in [-0.2, 0) is 24.3 Å². The minimum atomic E-state index is 0.317. The van der Waals surface area contributed by atoms with Crippen molar-refractivity contribution in [3.05, 3.63) is 11.6 Å². The molecule has 1 aromatic rings. The summed E-state index contributed by atoms with van der Waals surface area (Å²) in [5, 5.41) is 11.5. The molecule has 0 aromatic carbocycles. The molecule has 0 radical (unpaired) electrons. The van der Waals surface area contributed by atoms with Gasteiger partial charge in [-0.3, -0.25) is 4.99 Å². The maximum Gasteiger partial charge on any atom is 0.191 e. The van der Waals surface area contributed by atoms with Gasteiger partial charge in [-0.05, 0) is 31.6 Å². The van der Waals surface area contributed by atoms with Crippen molar-refractivity contribution in [2.24, 2.45) is 16.8 Å². The monoisotopic (exact) mass is 391 g/mol. The molecule has 2 aliphatic heterocycles. The van der Waals surface area contributed by atoms with Crippen LogP contribution in [0.4, 0.5) is 0 Å². The fourth-order valence-corrected chi connectivity index (χ4v) is 4.46. The van der Waals surface area contributed by atoms with Gasteiger partial charge >= 0.3 is 0 Å². The Morgan fingerprint density at radius 3 is 2.75 bits per heavy atom. The van der Waals surface area contributed by atoms with Gasteiger partial charge < -0.3 is 20.3 Å². The Bertz CT molecular complexity index is 634. The summed E-state index contributed by atoms with van der Waals surface area (Å²) in [6.07, 6.45) is 3.32. The predicted octanol–water partition coefficient (Wildman–Crippen LogP) is 1.27. The summed E-state index contributed by atoms with van der Waals surface area (Å²) in [5.41, 5.74) is 0. The molecule has 2 N–H and O–H groups in total. The molecular weight excluding hydrogens is 354 g/mol. The Balaban J connectivity index is 1.51. The molecular formula is C20H37N7O. The highest BCUT2D eigenvalue weighted by atomic mass is 16.5. The van der Waals surface area contributed by atoms with E-state index in [2.05, 4.69) is 46.4 Å². The Morgan fingerprint density at radius 2 is 2.04 bits per heavy atom. The Kier molecular flexibility index (Phi) is 7.67. The van der Waals surface area contributed by atoms with Gasteiger partial charge in [-0.1, -0.05) is 13.8 Å². The second-order valence-corrected chi connectivity index (χ2v) is 8.41. The van der Waals surface area contributed by atoms with Gasteiger partial charge in [0.1, 0.15) is 12.4 Å². The molecule has 0 bridgehead atoms. The smallest absolute Gasteiger partial charge is 0.191 e. The number of likely N-dealkylation sites (tertiary alicyclic amines) is 1. The second kappa shape index (κ2) is 10.2. The standard InChI is InChI=1S/C20H37N7O/c1-5-21-20(22-8-9-26-11-15(2)10-16(3)12-26)23-17-6-7-19-24-18(14-28-4)25-27(19)13-17/h15-17H,5-14H2,1-4H3,(H2,21,22,23). The molecule has 2 aliphatic rings. The van der Waals surface area contributed by atoms with E-state index in [0.29, 0.717) is 12.6 Å². The van der Waals surface area contributed by atoms with Crippen LogP contribution in [0.15, 0.2) is 4.99 Å². The number of nitrogens with one attached hydrogen (secondary N) is 2. The SMILES string of the molecule is CCNC(=NCCN1CC(C)CC(C)C1)NC1CCc2nc(COC)nn2C1. The molecule has 0 amide bonds. The molecule has 28 heavy (non-hydrogen) atoms. The minimum Gasteiger partial charge on any atom is -0.377 e. The lowest BCUT2D eigenvalue weighted by molar-refractivity contribution is 0.145. The third-order valence-corrected chi connectivity index (χ3v) is 5.49. The quantitative estimate of drug-likeness (QED) is 0.538. The topological polar surface area (TPSA) is 79.6 Å². The number of ether oxygens (including phenoxy) is 1. The molecule has 1 fully saturated rings. The summed E-state index contributed by atoms with van der Waals surface area (Å²) >= 11 is 0. The van der Waals surface area contributed by atoms with Crippen molar-refractivity contribution >= 4 is 5.96 Å². The van der Waals surface area contributed by atoms with Crippen molar-refractivity contribution in [2.45, 2.75) is 59.2 Å². The highest BCUT2D eigenvalue weighted by molar-refractivity contribution is 5.80. The molecule has 8 nitrogen and oxygen atoms in total. The summed E-state index contributed by atoms with van der Waals surface area (Å²) < 4.78 is 7.16. The van der Waals surface area contributed by atoms with Crippen molar-refractivity contribution in [1.29, 1.82) is 0 Å². The summed E-state index contributed by atoms with van der Waals surface area (Å²) in [6.45, 7) is 13.2. The number of aromatic nitrogens is 3. The number of methoxy groups -OCH3 is 1. The average Bonchev–Trinajstić information content (AvgIpc) is 3.03. The van der Waals surface area contributed by atoms with Gasteiger partial charge in [-0.2, -0.15) is 5.10 Å². The molecule has 0 aliphatic carbocycles. The summed E-state index contributed by atoms with van der Waals surface area (Å²) in [7, 11) is 1.68. The fourth-order valence-electron chi connectivity index (χ4n) is 4.46. The van der Waals surface area contributed by atoms with Gasteiger partial charge in [0, 0.05) is 45.8 Å². The first-order chi connectivity index (χ1) is 13.6. The van der Waals surface area contributed by atoms with Crippen molar-refractivity contribution in [3.63, 3.8) is 0 Å². The molecule has 8 heteroatoms. The highest BCUT2D eigenvalue weighted by Crippen LogP contribution is 2.20. The maximum atomic E-state index is 5.15. The Morgan fingerprint density at radius 1 is 1.25 bits per heavy atom. The van der Waals surface area contributed by atoms with Crippen molar-refractivity contribution in [1.82, 2.24) is 30.3 Å². The van der Waals surface area contributed by atoms with Crippen LogP contribution in [0.2, 0.25) is 0 Å². The average molecular weight is 392 g/mol. The zero-order valence-electron chi connectivity index (χ0n) is 17.9. The maximum absolute atomic E-state index is 5.15. The van der Waals surface area contributed by atoms with E-state index in [9.17, 15) is 0 Å². The molecule has 1 aromatic heterocycles. The lowest BCUT2D eigenvalue weighted by atomic mass is 9.92. The number of piperidine rings is 1. The van der Waals surface area contributed by atoms with Gasteiger partial charge in [0.2, 0.25) is 0 Å². The minimum absolute atomic E-state index is 0.317. The van der Waals surface area contributed by atoms with Crippen LogP contribution in [-0.4, -0.2) is 71.5 Å². The van der Waals surface area contributed by atoms with Gasteiger partial charge in [0.25, 0.3) is 0 Å². The van der Waals surface area contributed by atoms with E-state index < -0.39 is 0 Å². The molecule has 3 unspecified atom stereocenters. The van der Waals surface area contributed by atoms with Gasteiger partial charge in [0.05, 0.1) is 13.1 Å². The number of hydrogen-bond donors (Lipinski definition) is 2. The van der Waals surface area contributed by atoms with Crippen LogP contribution in [0.1, 0.15) is 45.3 Å². The van der Waals surface area contributed by atoms with Crippen LogP contribution < -0.4 is 10.6 Å². The first kappa shape index (κ1) is 21.0. The molecule has 0 spiro atoms. The third kappa shape index (κ3) is 5.91. The van der Waals surface area contributed by atoms with E-state index in [1.807, 2.05) is 4.68 Å². The van der Waals surface area contributed by atoms with Gasteiger partial charge in [-0.15, -0.1) is 0 Å². The summed E-state index contributed by atoms with van der Waals surface area (Å²) in [6, 6.07) is 0.317. The Labute approximate surface area is 169 Å². The second-order valence-electron chi connectivity index (χ2n) is 8.41. The van der Waals surface area contributed by atoms with E-state index in [1.165, 1.54) is 19.5 Å². The van der Waals surface area contributed by atoms with Crippen molar-refractivity contribution < 1.29 is 4.74 Å². The zero-order valence-corrected chi connectivity index (χ0v) is 17.9. The van der Waals surface area contributed by atoms with Crippen LogP contribution in [0.25, 0.3) is 0 Å². The van der Waals surface area contributed by atoms with E-state index >= 15 is 0 Å². The first-order valence-electron chi connectivity index (χ1n) is 10.8. The summed E-state index contributed by atoms with van der Waals surface area (Å²) in [5.74, 6) is 4.32. The number of nitrogens with zero attached hydrogens (tertiary/aromatic N) is 5. The lowest BCUT2D eigenvalue weighted by Crippen LogP contribution is -2.47. The van der Waals surface area contributed by atoms with Crippen molar-refractivity contribution in [2.75, 3.05) is 39.8 Å². The van der Waals surface area contributed by atoms with Gasteiger partial charge in [-0.25, -0.2) is 9.67 Å². The summed E-state index contributed by atoms with van der Waals surface area (Å²) in [4.78, 5) is 11.9. The largest absolute Gasteiger partial charge is 0.377 e. The number of rotatable bonds is 7. The van der Waals surface area contributed by atoms with E-state index in [4.69, 9.17) is 9.73 Å². The van der Waals surface area contributed by atoms with Crippen LogP contribution in [0.3, 0.4) is 0 Å². The van der Waals surface area contributed by atoms with Crippen LogP contribution >= 0.6 is 0 Å². The van der Waals surface area contributed by atoms with Crippen LogP contribution in [0.5, 0.6) is 0 Å². The molecule has 158 valence electrons. The molecule has 3 heterocycles. The molecule has 0 saturated carbocycles. The van der Waals surface area contributed by atoms with E-state index in [1.54, 1.807) is 7.11 Å². The fraction of sp³-hybridized carbons (Fsp3) is 0.850. The van der Waals surface area contributed by atoms with Crippen molar-refractivity contribution in [3.8, 4) is 0 Å². The number of hydrogen-bond acceptors (Lipinski definition) is 5. The number of aliphatic imine (C=N–C) groups is 1. The number of aryl methyl sites for hydroxylation is 1.